The lowest BCUT2D eigenvalue weighted by Crippen LogP contribution is -2.40. The number of carbonyl (C=O) groups is 2. The molecule has 0 unspecified atom stereocenters. The molecule has 1 aliphatic carbocycles. The number of esters is 1. The van der Waals surface area contributed by atoms with Gasteiger partial charge in [-0.25, -0.2) is 4.39 Å². The summed E-state index contributed by atoms with van der Waals surface area (Å²) in [5, 5.41) is 0. The zero-order chi connectivity index (χ0) is 14.8. The summed E-state index contributed by atoms with van der Waals surface area (Å²) in [6, 6.07) is 6.01. The number of benzene rings is 1. The minimum atomic E-state index is -0.978. The Bertz CT molecular complexity index is 524. The Labute approximate surface area is 117 Å². The summed E-state index contributed by atoms with van der Waals surface area (Å²) in [7, 11) is 0. The van der Waals surface area contributed by atoms with Crippen LogP contribution in [0.25, 0.3) is 0 Å². The Kier molecular flexibility index (Phi) is 4.06. The molecule has 0 heterocycles. The monoisotopic (exact) mass is 279 g/mol. The summed E-state index contributed by atoms with van der Waals surface area (Å²) in [6.45, 7) is 1.44. The van der Waals surface area contributed by atoms with Crippen molar-refractivity contribution in [2.24, 2.45) is 5.73 Å². The maximum absolute atomic E-state index is 13.4. The van der Waals surface area contributed by atoms with Crippen LogP contribution in [-0.4, -0.2) is 18.0 Å². The smallest absolute Gasteiger partial charge is 0.317 e. The Hall–Kier alpha value is -1.91. The highest BCUT2D eigenvalue weighted by Crippen LogP contribution is 2.42. The van der Waals surface area contributed by atoms with E-state index < -0.39 is 23.4 Å². The molecule has 108 valence electrons. The lowest BCUT2D eigenvalue weighted by molar-refractivity contribution is -0.159. The Morgan fingerprint density at radius 2 is 2.00 bits per heavy atom. The first-order valence-electron chi connectivity index (χ1n) is 6.72. The van der Waals surface area contributed by atoms with E-state index in [0.717, 1.165) is 12.8 Å². The van der Waals surface area contributed by atoms with Crippen molar-refractivity contribution >= 4 is 11.9 Å². The zero-order valence-corrected chi connectivity index (χ0v) is 11.4. The highest BCUT2D eigenvalue weighted by atomic mass is 19.1. The van der Waals surface area contributed by atoms with Gasteiger partial charge in [0.2, 0.25) is 0 Å². The fourth-order valence-electron chi connectivity index (χ4n) is 2.71. The van der Waals surface area contributed by atoms with E-state index in [4.69, 9.17) is 10.5 Å². The molecule has 0 saturated heterocycles. The van der Waals surface area contributed by atoms with Crippen molar-refractivity contribution in [1.82, 2.24) is 0 Å². The van der Waals surface area contributed by atoms with Crippen molar-refractivity contribution in [3.63, 3.8) is 0 Å². The fraction of sp³-hybridized carbons (Fsp3) is 0.467. The molecule has 1 saturated carbocycles. The van der Waals surface area contributed by atoms with Gasteiger partial charge in [0.05, 0.1) is 5.41 Å². The summed E-state index contributed by atoms with van der Waals surface area (Å²) in [4.78, 5) is 23.5. The van der Waals surface area contributed by atoms with E-state index in [2.05, 4.69) is 0 Å². The molecule has 0 radical (unpaired) electrons. The van der Waals surface area contributed by atoms with E-state index in [1.165, 1.54) is 19.1 Å². The second-order valence-electron chi connectivity index (χ2n) is 5.25. The van der Waals surface area contributed by atoms with Gasteiger partial charge < -0.3 is 10.5 Å². The maximum Gasteiger partial charge on any atom is 0.317 e. The predicted octanol–water partition coefficient (Wildman–Crippen LogP) is 2.05. The molecule has 5 heteroatoms. The first kappa shape index (κ1) is 14.5. The van der Waals surface area contributed by atoms with Crippen molar-refractivity contribution in [1.29, 1.82) is 0 Å². The van der Waals surface area contributed by atoms with E-state index in [1.807, 2.05) is 0 Å². The lowest BCUT2D eigenvalue weighted by atomic mass is 9.79. The van der Waals surface area contributed by atoms with Crippen LogP contribution in [-0.2, 0) is 19.7 Å². The number of carbonyl (C=O) groups excluding carboxylic acids is 2. The van der Waals surface area contributed by atoms with Crippen LogP contribution in [0.3, 0.4) is 0 Å². The van der Waals surface area contributed by atoms with Gasteiger partial charge in [0.15, 0.2) is 6.10 Å². The molecule has 0 bridgehead atoms. The summed E-state index contributed by atoms with van der Waals surface area (Å²) in [5.41, 5.74) is 4.87. The SMILES string of the molecule is C[C@H](OC(=O)C1(c2cccc(F)c2)CCCC1)C(N)=O. The normalized spacial score (nSPS) is 18.5. The number of hydrogen-bond acceptors (Lipinski definition) is 3. The average molecular weight is 279 g/mol. The van der Waals surface area contributed by atoms with Crippen LogP contribution < -0.4 is 5.73 Å². The molecular weight excluding hydrogens is 261 g/mol. The highest BCUT2D eigenvalue weighted by molar-refractivity contribution is 5.87. The molecule has 0 aromatic heterocycles. The highest BCUT2D eigenvalue weighted by Gasteiger charge is 2.45. The Balaban J connectivity index is 2.30. The lowest BCUT2D eigenvalue weighted by Gasteiger charge is -2.28. The van der Waals surface area contributed by atoms with Gasteiger partial charge in [-0.05, 0) is 37.5 Å². The van der Waals surface area contributed by atoms with E-state index in [9.17, 15) is 14.0 Å². The Morgan fingerprint density at radius 1 is 1.35 bits per heavy atom. The van der Waals surface area contributed by atoms with Crippen LogP contribution in [0.5, 0.6) is 0 Å². The van der Waals surface area contributed by atoms with Crippen molar-refractivity contribution in [2.75, 3.05) is 0 Å². The van der Waals surface area contributed by atoms with E-state index in [1.54, 1.807) is 12.1 Å². The van der Waals surface area contributed by atoms with Gasteiger partial charge in [-0.2, -0.15) is 0 Å². The van der Waals surface area contributed by atoms with Crippen molar-refractivity contribution in [2.45, 2.75) is 44.1 Å². The van der Waals surface area contributed by atoms with Gasteiger partial charge in [0.1, 0.15) is 5.82 Å². The van der Waals surface area contributed by atoms with E-state index in [-0.39, 0.29) is 5.82 Å². The number of primary amides is 1. The van der Waals surface area contributed by atoms with Crippen LogP contribution in [0, 0.1) is 5.82 Å². The molecule has 0 spiro atoms. The largest absolute Gasteiger partial charge is 0.452 e. The van der Waals surface area contributed by atoms with Crippen molar-refractivity contribution in [3.8, 4) is 0 Å². The van der Waals surface area contributed by atoms with Crippen molar-refractivity contribution in [3.05, 3.63) is 35.6 Å². The molecule has 1 fully saturated rings. The third kappa shape index (κ3) is 2.66. The van der Waals surface area contributed by atoms with Gasteiger partial charge in [-0.3, -0.25) is 9.59 Å². The minimum absolute atomic E-state index is 0.385. The number of ether oxygens (including phenoxy) is 1. The third-order valence-electron chi connectivity index (χ3n) is 3.91. The first-order valence-corrected chi connectivity index (χ1v) is 6.72. The molecule has 1 aromatic carbocycles. The zero-order valence-electron chi connectivity index (χ0n) is 11.4. The third-order valence-corrected chi connectivity index (χ3v) is 3.91. The van der Waals surface area contributed by atoms with Gasteiger partial charge in [-0.15, -0.1) is 0 Å². The predicted molar refractivity (Wildman–Crippen MR) is 71.3 cm³/mol. The molecule has 2 N–H and O–H groups in total. The Morgan fingerprint density at radius 3 is 2.55 bits per heavy atom. The van der Waals surface area contributed by atoms with Crippen LogP contribution in [0.15, 0.2) is 24.3 Å². The summed E-state index contributed by atoms with van der Waals surface area (Å²) < 4.78 is 18.6. The quantitative estimate of drug-likeness (QED) is 0.858. The number of halogens is 1. The molecule has 20 heavy (non-hydrogen) atoms. The number of amides is 1. The molecule has 0 aliphatic heterocycles. The van der Waals surface area contributed by atoms with Gasteiger partial charge in [-0.1, -0.05) is 25.0 Å². The van der Waals surface area contributed by atoms with Gasteiger partial charge >= 0.3 is 5.97 Å². The number of nitrogens with two attached hydrogens (primary N) is 1. The second kappa shape index (κ2) is 5.61. The van der Waals surface area contributed by atoms with Gasteiger partial charge in [0.25, 0.3) is 5.91 Å². The average Bonchev–Trinajstić information content (AvgIpc) is 2.89. The number of rotatable bonds is 4. The van der Waals surface area contributed by atoms with E-state index >= 15 is 0 Å². The topological polar surface area (TPSA) is 69.4 Å². The van der Waals surface area contributed by atoms with Gasteiger partial charge in [0, 0.05) is 0 Å². The van der Waals surface area contributed by atoms with Crippen LogP contribution in [0.4, 0.5) is 4.39 Å². The molecular formula is C15H18FNO3. The molecule has 1 amide bonds. The van der Waals surface area contributed by atoms with Crippen LogP contribution in [0.2, 0.25) is 0 Å². The summed E-state index contributed by atoms with van der Waals surface area (Å²) >= 11 is 0. The standard InChI is InChI=1S/C15H18FNO3/c1-10(13(17)18)20-14(19)15(7-2-3-8-15)11-5-4-6-12(16)9-11/h4-6,9-10H,2-3,7-8H2,1H3,(H2,17,18)/t10-/m0/s1. The first-order chi connectivity index (χ1) is 9.45. The second-order valence-corrected chi connectivity index (χ2v) is 5.25. The van der Waals surface area contributed by atoms with Crippen LogP contribution in [0.1, 0.15) is 38.2 Å². The molecule has 1 aromatic rings. The molecule has 1 aliphatic rings. The fourth-order valence-corrected chi connectivity index (χ4v) is 2.71. The van der Waals surface area contributed by atoms with E-state index in [0.29, 0.717) is 18.4 Å². The maximum atomic E-state index is 13.4. The van der Waals surface area contributed by atoms with Crippen molar-refractivity contribution < 1.29 is 18.7 Å². The number of hydrogen-bond donors (Lipinski definition) is 1. The molecule has 2 rings (SSSR count). The molecule has 4 nitrogen and oxygen atoms in total. The summed E-state index contributed by atoms with van der Waals surface area (Å²) in [5.74, 6) is -1.57. The van der Waals surface area contributed by atoms with Crippen LogP contribution >= 0.6 is 0 Å². The molecule has 1 atom stereocenters. The minimum Gasteiger partial charge on any atom is -0.452 e. The summed E-state index contributed by atoms with van der Waals surface area (Å²) in [6.07, 6.45) is 1.96.